The third-order valence-corrected chi connectivity index (χ3v) is 3.93. The van der Waals surface area contributed by atoms with E-state index >= 15 is 0 Å². The number of amides is 1. The maximum Gasteiger partial charge on any atom is 0.234 e. The lowest BCUT2D eigenvalue weighted by atomic mass is 9.84. The first kappa shape index (κ1) is 12.7. The molecule has 1 aliphatic rings. The quantitative estimate of drug-likeness (QED) is 0.903. The molecule has 1 aliphatic heterocycles. The summed E-state index contributed by atoms with van der Waals surface area (Å²) >= 11 is 0. The molecule has 0 saturated carbocycles. The average molecular weight is 267 g/mol. The van der Waals surface area contributed by atoms with Crippen molar-refractivity contribution in [2.24, 2.45) is 0 Å². The van der Waals surface area contributed by atoms with Gasteiger partial charge in [-0.2, -0.15) is 0 Å². The average Bonchev–Trinajstić information content (AvgIpc) is 2.69. The molecule has 102 valence electrons. The highest BCUT2D eigenvalue weighted by Crippen LogP contribution is 2.40. The zero-order valence-corrected chi connectivity index (χ0v) is 11.9. The maximum atomic E-state index is 12.0. The summed E-state index contributed by atoms with van der Waals surface area (Å²) in [4.78, 5) is 12.0. The lowest BCUT2D eigenvalue weighted by molar-refractivity contribution is -0.119. The van der Waals surface area contributed by atoms with E-state index in [0.29, 0.717) is 0 Å². The van der Waals surface area contributed by atoms with Crippen LogP contribution in [0.3, 0.4) is 0 Å². The number of carbonyl (C=O) groups excluding carboxylic acids is 1. The number of ether oxygens (including phenoxy) is 1. The first-order valence-corrected chi connectivity index (χ1v) is 6.63. The van der Waals surface area contributed by atoms with Gasteiger partial charge < -0.3 is 10.1 Å². The van der Waals surface area contributed by atoms with E-state index in [9.17, 15) is 4.79 Å². The molecule has 0 radical (unpaired) electrons. The van der Waals surface area contributed by atoms with Crippen molar-refractivity contribution in [3.8, 4) is 16.9 Å². The van der Waals surface area contributed by atoms with E-state index in [1.54, 1.807) is 7.11 Å². The summed E-state index contributed by atoms with van der Waals surface area (Å²) in [7, 11) is 1.67. The summed E-state index contributed by atoms with van der Waals surface area (Å²) in [6.45, 7) is 3.89. The monoisotopic (exact) mass is 267 g/mol. The molecule has 0 saturated heterocycles. The summed E-state index contributed by atoms with van der Waals surface area (Å²) in [5.41, 5.74) is 3.54. The second-order valence-electron chi connectivity index (χ2n) is 5.54. The Morgan fingerprint density at radius 3 is 2.60 bits per heavy atom. The number of para-hydroxylation sites is 1. The fourth-order valence-corrected chi connectivity index (χ4v) is 2.62. The summed E-state index contributed by atoms with van der Waals surface area (Å²) in [5, 5.41) is 2.92. The number of carbonyl (C=O) groups is 1. The van der Waals surface area contributed by atoms with Crippen LogP contribution in [0.1, 0.15) is 19.4 Å². The molecule has 0 aliphatic carbocycles. The van der Waals surface area contributed by atoms with E-state index in [1.807, 2.05) is 50.2 Å². The number of fused-ring (bicyclic) bond motifs is 1. The summed E-state index contributed by atoms with van der Waals surface area (Å²) < 4.78 is 5.41. The topological polar surface area (TPSA) is 38.3 Å². The Hall–Kier alpha value is -2.29. The molecular formula is C17H17NO2. The second kappa shape index (κ2) is 4.37. The zero-order chi connectivity index (χ0) is 14.3. The third kappa shape index (κ3) is 1.78. The van der Waals surface area contributed by atoms with Gasteiger partial charge in [0.1, 0.15) is 5.75 Å². The number of anilines is 1. The molecule has 2 aromatic carbocycles. The molecule has 0 unspecified atom stereocenters. The van der Waals surface area contributed by atoms with Crippen molar-refractivity contribution in [3.05, 3.63) is 48.0 Å². The van der Waals surface area contributed by atoms with Gasteiger partial charge in [0.05, 0.1) is 12.5 Å². The van der Waals surface area contributed by atoms with Crippen molar-refractivity contribution in [3.63, 3.8) is 0 Å². The number of hydrogen-bond acceptors (Lipinski definition) is 2. The van der Waals surface area contributed by atoms with Crippen LogP contribution in [0.15, 0.2) is 42.5 Å². The molecule has 20 heavy (non-hydrogen) atoms. The number of benzene rings is 2. The lowest BCUT2D eigenvalue weighted by Gasteiger charge is -2.16. The Morgan fingerprint density at radius 1 is 1.10 bits per heavy atom. The van der Waals surface area contributed by atoms with Gasteiger partial charge in [-0.3, -0.25) is 4.79 Å². The highest BCUT2D eigenvalue weighted by Gasteiger charge is 2.38. The van der Waals surface area contributed by atoms with Crippen LogP contribution in [0, 0.1) is 0 Å². The third-order valence-electron chi connectivity index (χ3n) is 3.93. The molecule has 1 amide bonds. The van der Waals surface area contributed by atoms with Gasteiger partial charge in [-0.15, -0.1) is 0 Å². The molecule has 3 rings (SSSR count). The van der Waals surface area contributed by atoms with Crippen LogP contribution in [0.25, 0.3) is 11.1 Å². The SMILES string of the molecule is COc1ccccc1-c1ccc2c(c1)C(C)(C)C(=O)N2. The predicted molar refractivity (Wildman–Crippen MR) is 80.1 cm³/mol. The molecule has 0 bridgehead atoms. The molecular weight excluding hydrogens is 250 g/mol. The molecule has 0 fully saturated rings. The Morgan fingerprint density at radius 2 is 1.85 bits per heavy atom. The summed E-state index contributed by atoms with van der Waals surface area (Å²) in [5.74, 6) is 0.882. The number of hydrogen-bond donors (Lipinski definition) is 1. The van der Waals surface area contributed by atoms with Crippen LogP contribution >= 0.6 is 0 Å². The molecule has 2 aromatic rings. The lowest BCUT2D eigenvalue weighted by Crippen LogP contribution is -2.26. The minimum Gasteiger partial charge on any atom is -0.496 e. The van der Waals surface area contributed by atoms with Gasteiger partial charge in [0.2, 0.25) is 5.91 Å². The zero-order valence-electron chi connectivity index (χ0n) is 11.9. The Kier molecular flexibility index (Phi) is 2.78. The van der Waals surface area contributed by atoms with Crippen LogP contribution in [-0.2, 0) is 10.2 Å². The van der Waals surface area contributed by atoms with Gasteiger partial charge in [0.25, 0.3) is 0 Å². The van der Waals surface area contributed by atoms with Crippen molar-refractivity contribution in [1.29, 1.82) is 0 Å². The molecule has 3 nitrogen and oxygen atoms in total. The fraction of sp³-hybridized carbons (Fsp3) is 0.235. The maximum absolute atomic E-state index is 12.0. The van der Waals surface area contributed by atoms with Crippen molar-refractivity contribution >= 4 is 11.6 Å². The van der Waals surface area contributed by atoms with Gasteiger partial charge in [0, 0.05) is 11.3 Å². The van der Waals surface area contributed by atoms with E-state index in [4.69, 9.17) is 4.74 Å². The minimum absolute atomic E-state index is 0.0460. The Bertz CT molecular complexity index is 689. The van der Waals surface area contributed by atoms with Gasteiger partial charge in [-0.1, -0.05) is 24.3 Å². The van der Waals surface area contributed by atoms with Crippen molar-refractivity contribution in [1.82, 2.24) is 0 Å². The van der Waals surface area contributed by atoms with Gasteiger partial charge >= 0.3 is 0 Å². The number of methoxy groups -OCH3 is 1. The van der Waals surface area contributed by atoms with Gasteiger partial charge in [-0.05, 0) is 43.2 Å². The first-order chi connectivity index (χ1) is 9.54. The highest BCUT2D eigenvalue weighted by atomic mass is 16.5. The second-order valence-corrected chi connectivity index (χ2v) is 5.54. The standard InChI is InChI=1S/C17H17NO2/c1-17(2)13-10-11(8-9-14(13)18-16(17)19)12-6-4-5-7-15(12)20-3/h4-10H,1-3H3,(H,18,19). The van der Waals surface area contributed by atoms with Crippen LogP contribution in [0.4, 0.5) is 5.69 Å². The van der Waals surface area contributed by atoms with E-state index < -0.39 is 5.41 Å². The van der Waals surface area contributed by atoms with Gasteiger partial charge in [0.15, 0.2) is 0 Å². The van der Waals surface area contributed by atoms with Crippen molar-refractivity contribution in [2.75, 3.05) is 12.4 Å². The summed E-state index contributed by atoms with van der Waals surface area (Å²) in [6.07, 6.45) is 0. The predicted octanol–water partition coefficient (Wildman–Crippen LogP) is 3.59. The van der Waals surface area contributed by atoms with E-state index in [2.05, 4.69) is 11.4 Å². The number of rotatable bonds is 2. The molecule has 0 spiro atoms. The largest absolute Gasteiger partial charge is 0.496 e. The van der Waals surface area contributed by atoms with E-state index in [-0.39, 0.29) is 5.91 Å². The van der Waals surface area contributed by atoms with Crippen LogP contribution < -0.4 is 10.1 Å². The van der Waals surface area contributed by atoms with Crippen LogP contribution in [-0.4, -0.2) is 13.0 Å². The summed E-state index contributed by atoms with van der Waals surface area (Å²) in [6, 6.07) is 14.0. The Labute approximate surface area is 118 Å². The van der Waals surface area contributed by atoms with Crippen molar-refractivity contribution in [2.45, 2.75) is 19.3 Å². The van der Waals surface area contributed by atoms with Crippen LogP contribution in [0.5, 0.6) is 5.75 Å². The van der Waals surface area contributed by atoms with E-state index in [1.165, 1.54) is 0 Å². The Balaban J connectivity index is 2.15. The van der Waals surface area contributed by atoms with Crippen molar-refractivity contribution < 1.29 is 9.53 Å². The minimum atomic E-state index is -0.493. The molecule has 0 aromatic heterocycles. The molecule has 1 N–H and O–H groups in total. The molecule has 0 atom stereocenters. The molecule has 3 heteroatoms. The van der Waals surface area contributed by atoms with E-state index in [0.717, 1.165) is 28.1 Å². The molecule has 1 heterocycles. The van der Waals surface area contributed by atoms with Crippen LogP contribution in [0.2, 0.25) is 0 Å². The normalized spacial score (nSPS) is 15.7. The fourth-order valence-electron chi connectivity index (χ4n) is 2.62. The first-order valence-electron chi connectivity index (χ1n) is 6.63. The number of nitrogens with one attached hydrogen (secondary N) is 1. The highest BCUT2D eigenvalue weighted by molar-refractivity contribution is 6.06. The van der Waals surface area contributed by atoms with Gasteiger partial charge in [-0.25, -0.2) is 0 Å². The smallest absolute Gasteiger partial charge is 0.234 e.